The number of hydrogen-bond donors (Lipinski definition) is 1. The highest BCUT2D eigenvalue weighted by Gasteiger charge is 2.76. The zero-order chi connectivity index (χ0) is 28.3. The molecule has 0 aromatic heterocycles. The molecule has 1 saturated heterocycles. The van der Waals surface area contributed by atoms with Crippen molar-refractivity contribution < 1.29 is 52.7 Å². The van der Waals surface area contributed by atoms with Crippen LogP contribution in [0.2, 0.25) is 0 Å². The van der Waals surface area contributed by atoms with Crippen LogP contribution in [0.5, 0.6) is 0 Å². The summed E-state index contributed by atoms with van der Waals surface area (Å²) in [6.07, 6.45) is -0.369. The van der Waals surface area contributed by atoms with Crippen LogP contribution in [-0.2, 0) is 47.6 Å². The maximum Gasteiger partial charge on any atom is 0.344 e. The zero-order valence-corrected chi connectivity index (χ0v) is 23.0. The molecule has 0 aromatic carbocycles. The summed E-state index contributed by atoms with van der Waals surface area (Å²) in [6, 6.07) is 0. The first-order valence-electron chi connectivity index (χ1n) is 13.2. The van der Waals surface area contributed by atoms with Crippen LogP contribution in [0.4, 0.5) is 0 Å². The number of epoxide rings is 1. The minimum Gasteiger partial charge on any atom is -0.462 e. The summed E-state index contributed by atoms with van der Waals surface area (Å²) >= 11 is 0. The molecule has 1 N–H and O–H groups in total. The van der Waals surface area contributed by atoms with Gasteiger partial charge in [0.2, 0.25) is 0 Å². The van der Waals surface area contributed by atoms with Crippen LogP contribution in [0.3, 0.4) is 0 Å². The normalized spacial score (nSPS) is 29.5. The van der Waals surface area contributed by atoms with Gasteiger partial charge in [0.05, 0.1) is 12.9 Å². The van der Waals surface area contributed by atoms with Crippen LogP contribution in [0.1, 0.15) is 67.2 Å². The Kier molecular flexibility index (Phi) is 9.46. The largest absolute Gasteiger partial charge is 0.462 e. The molecular formula is C27H40O11. The molecule has 2 heterocycles. The Morgan fingerprint density at radius 1 is 0.895 bits per heavy atom. The van der Waals surface area contributed by atoms with E-state index in [0.717, 1.165) is 0 Å². The predicted molar refractivity (Wildman–Crippen MR) is 131 cm³/mol. The number of carbonyl (C=O) groups is 4. The Bertz CT molecular complexity index is 933. The molecule has 0 unspecified atom stereocenters. The van der Waals surface area contributed by atoms with E-state index in [1.165, 1.54) is 6.26 Å². The van der Waals surface area contributed by atoms with Crippen molar-refractivity contribution in [2.75, 3.05) is 19.8 Å². The zero-order valence-electron chi connectivity index (χ0n) is 23.0. The van der Waals surface area contributed by atoms with Gasteiger partial charge in [0.1, 0.15) is 29.8 Å². The van der Waals surface area contributed by atoms with Crippen LogP contribution in [0.25, 0.3) is 0 Å². The maximum absolute atomic E-state index is 12.5. The second-order valence-corrected chi connectivity index (χ2v) is 11.6. The molecular weight excluding hydrogens is 500 g/mol. The van der Waals surface area contributed by atoms with Crippen molar-refractivity contribution in [1.82, 2.24) is 0 Å². The van der Waals surface area contributed by atoms with Gasteiger partial charge in [-0.2, -0.15) is 0 Å². The van der Waals surface area contributed by atoms with E-state index < -0.39 is 60.0 Å². The van der Waals surface area contributed by atoms with E-state index in [2.05, 4.69) is 0 Å². The highest BCUT2D eigenvalue weighted by atomic mass is 16.7. The molecule has 1 spiro atoms. The summed E-state index contributed by atoms with van der Waals surface area (Å²) in [5.41, 5.74) is -2.63. The molecule has 3 aliphatic rings. The van der Waals surface area contributed by atoms with E-state index in [0.29, 0.717) is 0 Å². The quantitative estimate of drug-likeness (QED) is 0.221. The highest BCUT2D eigenvalue weighted by Crippen LogP contribution is 2.59. The van der Waals surface area contributed by atoms with E-state index in [9.17, 15) is 24.3 Å². The smallest absolute Gasteiger partial charge is 0.344 e. The first-order valence-corrected chi connectivity index (χ1v) is 13.2. The van der Waals surface area contributed by atoms with Gasteiger partial charge < -0.3 is 33.5 Å². The topological polar surface area (TPSA) is 147 Å². The third kappa shape index (κ3) is 7.05. The first kappa shape index (κ1) is 29.9. The van der Waals surface area contributed by atoms with Gasteiger partial charge in [-0.05, 0) is 17.8 Å². The Labute approximate surface area is 223 Å². The van der Waals surface area contributed by atoms with Gasteiger partial charge in [0.25, 0.3) is 6.29 Å². The van der Waals surface area contributed by atoms with Gasteiger partial charge in [0.15, 0.2) is 6.61 Å². The highest BCUT2D eigenvalue weighted by molar-refractivity contribution is 5.76. The fourth-order valence-electron chi connectivity index (χ4n) is 4.93. The van der Waals surface area contributed by atoms with E-state index in [4.69, 9.17) is 28.4 Å². The number of rotatable bonds is 12. The fraction of sp³-hybridized carbons (Fsp3) is 0.778. The average molecular weight is 541 g/mol. The number of fused-ring (bicyclic) bond motifs is 2. The number of aliphatic hydroxyl groups is 1. The number of hydrogen-bond acceptors (Lipinski definition) is 11. The first-order chi connectivity index (χ1) is 17.8. The summed E-state index contributed by atoms with van der Waals surface area (Å²) in [6.45, 7) is 10.5. The van der Waals surface area contributed by atoms with E-state index in [-0.39, 0.29) is 62.2 Å². The molecule has 38 heavy (non-hydrogen) atoms. The van der Waals surface area contributed by atoms with Crippen LogP contribution in [0.15, 0.2) is 11.8 Å². The van der Waals surface area contributed by atoms with Gasteiger partial charge in [-0.1, -0.05) is 41.5 Å². The van der Waals surface area contributed by atoms with Gasteiger partial charge in [-0.15, -0.1) is 0 Å². The Hall–Kier alpha value is -2.66. The molecule has 3 rings (SSSR count). The van der Waals surface area contributed by atoms with Crippen molar-refractivity contribution in [3.05, 3.63) is 11.8 Å². The molecule has 1 saturated carbocycles. The van der Waals surface area contributed by atoms with Crippen molar-refractivity contribution in [3.8, 4) is 0 Å². The van der Waals surface area contributed by atoms with Crippen molar-refractivity contribution in [3.63, 3.8) is 0 Å². The minimum absolute atomic E-state index is 0.0459. The third-order valence-electron chi connectivity index (χ3n) is 6.72. The molecule has 11 heteroatoms. The third-order valence-corrected chi connectivity index (χ3v) is 6.72. The van der Waals surface area contributed by atoms with Crippen LogP contribution in [0, 0.1) is 23.7 Å². The molecule has 0 amide bonds. The lowest BCUT2D eigenvalue weighted by atomic mass is 9.79. The average Bonchev–Trinajstić information content (AvgIpc) is 3.51. The van der Waals surface area contributed by atoms with Crippen molar-refractivity contribution >= 4 is 23.9 Å². The molecule has 0 bridgehead atoms. The second kappa shape index (κ2) is 12.0. The monoisotopic (exact) mass is 540 g/mol. The molecule has 1 aliphatic carbocycles. The maximum atomic E-state index is 12.5. The Morgan fingerprint density at radius 2 is 1.45 bits per heavy atom. The summed E-state index contributed by atoms with van der Waals surface area (Å²) in [5.74, 6) is -2.98. The number of esters is 4. The van der Waals surface area contributed by atoms with Crippen molar-refractivity contribution in [1.29, 1.82) is 0 Å². The molecule has 0 aromatic rings. The Morgan fingerprint density at radius 3 is 2.00 bits per heavy atom. The lowest BCUT2D eigenvalue weighted by Gasteiger charge is -2.40. The molecule has 5 atom stereocenters. The summed E-state index contributed by atoms with van der Waals surface area (Å²) in [7, 11) is 0. The van der Waals surface area contributed by atoms with Gasteiger partial charge >= 0.3 is 23.9 Å². The van der Waals surface area contributed by atoms with E-state index >= 15 is 0 Å². The summed E-state index contributed by atoms with van der Waals surface area (Å²) in [5, 5.41) is 11.9. The van der Waals surface area contributed by atoms with Gasteiger partial charge in [-0.3, -0.25) is 14.4 Å². The molecule has 0 radical (unpaired) electrons. The molecule has 2 aliphatic heterocycles. The van der Waals surface area contributed by atoms with Crippen LogP contribution in [-0.4, -0.2) is 72.4 Å². The Balaban J connectivity index is 1.76. The summed E-state index contributed by atoms with van der Waals surface area (Å²) in [4.78, 5) is 48.9. The van der Waals surface area contributed by atoms with Crippen molar-refractivity contribution in [2.24, 2.45) is 23.7 Å². The number of carbonyl (C=O) groups excluding carboxylic acids is 4. The molecule has 214 valence electrons. The predicted octanol–water partition coefficient (Wildman–Crippen LogP) is 2.43. The fourth-order valence-corrected chi connectivity index (χ4v) is 4.93. The van der Waals surface area contributed by atoms with Crippen LogP contribution >= 0.6 is 0 Å². The summed E-state index contributed by atoms with van der Waals surface area (Å²) < 4.78 is 33.0. The molecule has 2 fully saturated rings. The van der Waals surface area contributed by atoms with E-state index in [1.54, 1.807) is 0 Å². The standard InChI is InChI=1S/C27H40O11/c1-15(2)7-20(28)34-13-23(31)33-11-18-12-35-25(38-22(30)9-17(5)6)24-26(18,32)10-19(27(24)14-36-27)37-21(29)8-16(3)4/h12,15-17,19,24-25,32H,7-11,13-14H2,1-6H3/t19-,24-,25-,26+,27+/m0/s1. The lowest BCUT2D eigenvalue weighted by Crippen LogP contribution is -2.53. The number of ether oxygens (including phenoxy) is 6. The van der Waals surface area contributed by atoms with E-state index in [1.807, 2.05) is 41.5 Å². The van der Waals surface area contributed by atoms with Gasteiger partial charge in [0, 0.05) is 31.3 Å². The second-order valence-electron chi connectivity index (χ2n) is 11.6. The lowest BCUT2D eigenvalue weighted by molar-refractivity contribution is -0.208. The SMILES string of the molecule is CC(C)CC(=O)OCC(=O)OCC1=CO[C@@H](OC(=O)CC(C)C)[C@@H]2[C@@]3(CO3)[C@@H](OC(=O)CC(C)C)C[C@@]12O. The van der Waals surface area contributed by atoms with Crippen molar-refractivity contribution in [2.45, 2.75) is 90.8 Å². The van der Waals surface area contributed by atoms with Crippen LogP contribution < -0.4 is 0 Å². The minimum atomic E-state index is -1.71. The molecule has 11 nitrogen and oxygen atoms in total. The van der Waals surface area contributed by atoms with Gasteiger partial charge in [-0.25, -0.2) is 4.79 Å².